The third kappa shape index (κ3) is 4.22. The molecule has 0 fully saturated rings. The topological polar surface area (TPSA) is 97.4 Å². The number of methoxy groups -OCH3 is 1. The van der Waals surface area contributed by atoms with Gasteiger partial charge in [-0.1, -0.05) is 0 Å². The van der Waals surface area contributed by atoms with Crippen LogP contribution >= 0.6 is 0 Å². The molecule has 6 heteroatoms. The van der Waals surface area contributed by atoms with Crippen LogP contribution < -0.4 is 20.5 Å². The van der Waals surface area contributed by atoms with Gasteiger partial charge in [-0.3, -0.25) is 4.79 Å². The van der Waals surface area contributed by atoms with Gasteiger partial charge in [-0.15, -0.1) is 0 Å². The smallest absolute Gasteiger partial charge is 0.257 e. The van der Waals surface area contributed by atoms with E-state index in [1.165, 1.54) is 7.11 Å². The summed E-state index contributed by atoms with van der Waals surface area (Å²) < 4.78 is 10.3. The van der Waals surface area contributed by atoms with Gasteiger partial charge in [-0.25, -0.2) is 0 Å². The first-order valence-electron chi connectivity index (χ1n) is 5.37. The summed E-state index contributed by atoms with van der Waals surface area (Å²) >= 11 is 0. The van der Waals surface area contributed by atoms with E-state index in [0.29, 0.717) is 23.7 Å². The lowest BCUT2D eigenvalue weighted by atomic mass is 10.3. The number of nitriles is 1. The summed E-state index contributed by atoms with van der Waals surface area (Å²) in [7, 11) is 1.53. The zero-order valence-corrected chi connectivity index (χ0v) is 10.1. The third-order valence-corrected chi connectivity index (χ3v) is 2.14. The van der Waals surface area contributed by atoms with Gasteiger partial charge in [0.2, 0.25) is 0 Å². The van der Waals surface area contributed by atoms with Crippen molar-refractivity contribution in [1.29, 1.82) is 5.26 Å². The summed E-state index contributed by atoms with van der Waals surface area (Å²) in [6, 6.07) is 6.88. The summed E-state index contributed by atoms with van der Waals surface area (Å²) in [5.74, 6) is 0.696. The van der Waals surface area contributed by atoms with Crippen LogP contribution in [0.4, 0.5) is 5.69 Å². The molecule has 0 spiro atoms. The highest BCUT2D eigenvalue weighted by Crippen LogP contribution is 2.26. The lowest BCUT2D eigenvalue weighted by Crippen LogP contribution is -2.29. The van der Waals surface area contributed by atoms with Crippen LogP contribution in [0.2, 0.25) is 0 Å². The number of ether oxygens (including phenoxy) is 2. The Morgan fingerprint density at radius 2 is 2.33 bits per heavy atom. The maximum absolute atomic E-state index is 11.3. The average molecular weight is 249 g/mol. The number of nitrogen functional groups attached to an aromatic ring is 1. The number of nitrogens with one attached hydrogen (secondary N) is 1. The van der Waals surface area contributed by atoms with Crippen LogP contribution in [0.5, 0.6) is 11.5 Å². The van der Waals surface area contributed by atoms with E-state index >= 15 is 0 Å². The third-order valence-electron chi connectivity index (χ3n) is 2.14. The minimum Gasteiger partial charge on any atom is -0.497 e. The Morgan fingerprint density at radius 3 is 3.00 bits per heavy atom. The average Bonchev–Trinajstić information content (AvgIpc) is 2.38. The molecule has 0 unspecified atom stereocenters. The van der Waals surface area contributed by atoms with Crippen molar-refractivity contribution in [3.05, 3.63) is 18.2 Å². The summed E-state index contributed by atoms with van der Waals surface area (Å²) in [6.45, 7) is 0.162. The molecule has 1 amide bonds. The minimum absolute atomic E-state index is 0.150. The van der Waals surface area contributed by atoms with Crippen molar-refractivity contribution < 1.29 is 14.3 Å². The zero-order chi connectivity index (χ0) is 13.4. The van der Waals surface area contributed by atoms with Crippen molar-refractivity contribution in [3.63, 3.8) is 0 Å². The minimum atomic E-state index is -0.299. The van der Waals surface area contributed by atoms with Gasteiger partial charge in [0.1, 0.15) is 11.5 Å². The fourth-order valence-corrected chi connectivity index (χ4v) is 1.22. The van der Waals surface area contributed by atoms with Crippen LogP contribution in [0.3, 0.4) is 0 Å². The molecule has 96 valence electrons. The lowest BCUT2D eigenvalue weighted by Gasteiger charge is -2.10. The number of anilines is 1. The van der Waals surface area contributed by atoms with E-state index in [1.807, 2.05) is 6.07 Å². The molecule has 0 saturated carbocycles. The summed E-state index contributed by atoms with van der Waals surface area (Å²) in [5.41, 5.74) is 6.13. The van der Waals surface area contributed by atoms with Gasteiger partial charge in [-0.05, 0) is 12.1 Å². The van der Waals surface area contributed by atoms with Crippen LogP contribution in [-0.2, 0) is 4.79 Å². The molecular formula is C12H15N3O3. The second-order valence-corrected chi connectivity index (χ2v) is 3.45. The van der Waals surface area contributed by atoms with Gasteiger partial charge in [0.15, 0.2) is 6.61 Å². The first-order valence-corrected chi connectivity index (χ1v) is 5.37. The standard InChI is InChI=1S/C12H15N3O3/c1-17-9-3-4-10(14)11(7-9)18-8-12(16)15-6-2-5-13/h3-4,7H,2,6,8,14H2,1H3,(H,15,16). The Bertz CT molecular complexity index is 454. The zero-order valence-electron chi connectivity index (χ0n) is 10.1. The fourth-order valence-electron chi connectivity index (χ4n) is 1.22. The van der Waals surface area contributed by atoms with Crippen LogP contribution in [0.1, 0.15) is 6.42 Å². The number of carbonyl (C=O) groups is 1. The molecule has 6 nitrogen and oxygen atoms in total. The van der Waals surface area contributed by atoms with E-state index in [2.05, 4.69) is 5.32 Å². The molecule has 0 aliphatic carbocycles. The number of amides is 1. The fraction of sp³-hybridized carbons (Fsp3) is 0.333. The Balaban J connectivity index is 2.48. The van der Waals surface area contributed by atoms with E-state index in [9.17, 15) is 4.79 Å². The van der Waals surface area contributed by atoms with E-state index in [4.69, 9.17) is 20.5 Å². The molecule has 18 heavy (non-hydrogen) atoms. The van der Waals surface area contributed by atoms with Gasteiger partial charge < -0.3 is 20.5 Å². The van der Waals surface area contributed by atoms with E-state index in [1.54, 1.807) is 18.2 Å². The Morgan fingerprint density at radius 1 is 1.56 bits per heavy atom. The van der Waals surface area contributed by atoms with E-state index < -0.39 is 0 Å². The molecule has 0 aliphatic rings. The highest BCUT2D eigenvalue weighted by Gasteiger charge is 2.06. The number of carbonyl (C=O) groups excluding carboxylic acids is 1. The number of benzene rings is 1. The van der Waals surface area contributed by atoms with Gasteiger partial charge in [0.05, 0.1) is 25.3 Å². The summed E-state index contributed by atoms with van der Waals surface area (Å²) in [6.07, 6.45) is 0.271. The predicted molar refractivity (Wildman–Crippen MR) is 66.1 cm³/mol. The van der Waals surface area contributed by atoms with Crippen molar-refractivity contribution in [1.82, 2.24) is 5.32 Å². The first-order chi connectivity index (χ1) is 8.67. The Labute approximate surface area is 105 Å². The van der Waals surface area contributed by atoms with Crippen LogP contribution in [0, 0.1) is 11.3 Å². The number of hydrogen-bond donors (Lipinski definition) is 2. The number of nitrogens with two attached hydrogens (primary N) is 1. The Kier molecular flexibility index (Phi) is 5.32. The Hall–Kier alpha value is -2.42. The monoisotopic (exact) mass is 249 g/mol. The highest BCUT2D eigenvalue weighted by molar-refractivity contribution is 5.77. The molecule has 1 rings (SSSR count). The number of hydrogen-bond acceptors (Lipinski definition) is 5. The van der Waals surface area contributed by atoms with Crippen molar-refractivity contribution >= 4 is 11.6 Å². The van der Waals surface area contributed by atoms with E-state index in [0.717, 1.165) is 0 Å². The largest absolute Gasteiger partial charge is 0.497 e. The van der Waals surface area contributed by atoms with Gasteiger partial charge in [0.25, 0.3) is 5.91 Å². The van der Waals surface area contributed by atoms with Gasteiger partial charge in [-0.2, -0.15) is 5.26 Å². The van der Waals surface area contributed by atoms with Crippen molar-refractivity contribution in [2.75, 3.05) is 26.0 Å². The quantitative estimate of drug-likeness (QED) is 0.571. The molecule has 0 aromatic heterocycles. The van der Waals surface area contributed by atoms with Crippen molar-refractivity contribution in [2.45, 2.75) is 6.42 Å². The molecule has 0 bridgehead atoms. The maximum atomic E-state index is 11.3. The number of rotatable bonds is 6. The highest BCUT2D eigenvalue weighted by atomic mass is 16.5. The molecule has 0 atom stereocenters. The molecule has 0 saturated heterocycles. The van der Waals surface area contributed by atoms with Crippen molar-refractivity contribution in [3.8, 4) is 17.6 Å². The SMILES string of the molecule is COc1ccc(N)c(OCC(=O)NCCC#N)c1. The maximum Gasteiger partial charge on any atom is 0.257 e. The lowest BCUT2D eigenvalue weighted by molar-refractivity contribution is -0.123. The molecule has 1 aromatic rings. The normalized spacial score (nSPS) is 9.33. The molecular weight excluding hydrogens is 234 g/mol. The molecule has 0 radical (unpaired) electrons. The predicted octanol–water partition coefficient (Wildman–Crippen LogP) is 0.686. The van der Waals surface area contributed by atoms with Crippen molar-refractivity contribution in [2.24, 2.45) is 0 Å². The van der Waals surface area contributed by atoms with Gasteiger partial charge in [0, 0.05) is 12.6 Å². The molecule has 3 N–H and O–H groups in total. The van der Waals surface area contributed by atoms with E-state index in [-0.39, 0.29) is 18.9 Å². The first kappa shape index (κ1) is 13.6. The number of nitrogens with zero attached hydrogens (tertiary/aromatic N) is 1. The second kappa shape index (κ2) is 7.01. The van der Waals surface area contributed by atoms with Crippen LogP contribution in [0.15, 0.2) is 18.2 Å². The second-order valence-electron chi connectivity index (χ2n) is 3.45. The van der Waals surface area contributed by atoms with Crippen LogP contribution in [-0.4, -0.2) is 26.2 Å². The molecule has 0 heterocycles. The summed E-state index contributed by atoms with van der Waals surface area (Å²) in [5, 5.41) is 10.9. The van der Waals surface area contributed by atoms with Gasteiger partial charge >= 0.3 is 0 Å². The summed E-state index contributed by atoms with van der Waals surface area (Å²) in [4.78, 5) is 11.3. The molecule has 0 aliphatic heterocycles. The van der Waals surface area contributed by atoms with Crippen LogP contribution in [0.25, 0.3) is 0 Å². The molecule has 1 aromatic carbocycles.